The van der Waals surface area contributed by atoms with Crippen molar-refractivity contribution in [2.45, 2.75) is 27.2 Å². The number of aromatic nitrogens is 1. The Hall–Kier alpha value is -4.15. The first-order valence-corrected chi connectivity index (χ1v) is 11.9. The first-order valence-electron chi connectivity index (χ1n) is 11.9. The van der Waals surface area contributed by atoms with Gasteiger partial charge in [0.05, 0.1) is 0 Å². The van der Waals surface area contributed by atoms with E-state index in [1.807, 2.05) is 25.3 Å². The van der Waals surface area contributed by atoms with E-state index in [0.29, 0.717) is 0 Å². The highest BCUT2D eigenvalue weighted by Crippen LogP contribution is 2.41. The Kier molecular flexibility index (Phi) is 4.82. The number of nitrogens with zero attached hydrogens (tertiary/aromatic N) is 1. The fourth-order valence-electron chi connectivity index (χ4n) is 5.30. The van der Waals surface area contributed by atoms with Crippen molar-refractivity contribution in [3.63, 3.8) is 0 Å². The summed E-state index contributed by atoms with van der Waals surface area (Å²) in [6.45, 7) is 6.46. The number of rotatable bonds is 2. The fraction of sp³-hybridized carbons (Fsp3) is 0.121. The highest BCUT2D eigenvalue weighted by atomic mass is 14.6. The molecule has 0 aliphatic carbocycles. The number of hydrogen-bond donors (Lipinski definition) is 0. The van der Waals surface area contributed by atoms with Gasteiger partial charge in [0.2, 0.25) is 0 Å². The summed E-state index contributed by atoms with van der Waals surface area (Å²) in [6.07, 6.45) is 2.84. The molecule has 0 N–H and O–H groups in total. The van der Waals surface area contributed by atoms with Gasteiger partial charge < -0.3 is 0 Å². The Balaban J connectivity index is 1.64. The number of benzene rings is 5. The van der Waals surface area contributed by atoms with E-state index in [2.05, 4.69) is 97.4 Å². The van der Waals surface area contributed by atoms with Crippen LogP contribution in [0.5, 0.6) is 0 Å². The van der Waals surface area contributed by atoms with Crippen LogP contribution >= 0.6 is 0 Å². The molecular formula is C33H25N. The lowest BCUT2D eigenvalue weighted by molar-refractivity contribution is 1.14. The van der Waals surface area contributed by atoms with Crippen molar-refractivity contribution in [2.75, 3.05) is 0 Å². The van der Waals surface area contributed by atoms with Crippen LogP contribution in [0.15, 0.2) is 85.1 Å². The SMILES string of the molecule is CCc1cccc(C)c1-c1ccc2ccc3c(C#Cc4ccnc(C)c4)ccc4ccc1c2c43. The first kappa shape index (κ1) is 20.5. The molecule has 34 heavy (non-hydrogen) atoms. The molecule has 0 aliphatic heterocycles. The normalized spacial score (nSPS) is 11.3. The molecule has 5 aromatic carbocycles. The minimum absolute atomic E-state index is 0.984. The fourth-order valence-corrected chi connectivity index (χ4v) is 5.30. The van der Waals surface area contributed by atoms with Gasteiger partial charge in [0, 0.05) is 23.0 Å². The molecule has 1 heterocycles. The molecule has 0 unspecified atom stereocenters. The van der Waals surface area contributed by atoms with Crippen LogP contribution in [0.4, 0.5) is 0 Å². The van der Waals surface area contributed by atoms with Gasteiger partial charge in [-0.1, -0.05) is 79.4 Å². The van der Waals surface area contributed by atoms with Gasteiger partial charge in [-0.2, -0.15) is 0 Å². The topological polar surface area (TPSA) is 12.9 Å². The monoisotopic (exact) mass is 435 g/mol. The quantitative estimate of drug-likeness (QED) is 0.197. The van der Waals surface area contributed by atoms with E-state index >= 15 is 0 Å². The lowest BCUT2D eigenvalue weighted by atomic mass is 9.86. The van der Waals surface area contributed by atoms with Gasteiger partial charge in [-0.15, -0.1) is 0 Å². The highest BCUT2D eigenvalue weighted by Gasteiger charge is 2.16. The summed E-state index contributed by atoms with van der Waals surface area (Å²) in [5.41, 5.74) is 8.45. The van der Waals surface area contributed by atoms with Crippen LogP contribution < -0.4 is 0 Å². The zero-order valence-electron chi connectivity index (χ0n) is 19.7. The maximum Gasteiger partial charge on any atom is 0.0385 e. The Labute approximate surface area is 200 Å². The summed E-state index contributed by atoms with van der Waals surface area (Å²) in [5.74, 6) is 6.78. The lowest BCUT2D eigenvalue weighted by Crippen LogP contribution is -1.94. The Morgan fingerprint density at radius 2 is 1.47 bits per heavy atom. The second-order valence-electron chi connectivity index (χ2n) is 9.05. The molecular weight excluding hydrogens is 410 g/mol. The van der Waals surface area contributed by atoms with Gasteiger partial charge in [0.15, 0.2) is 0 Å². The Morgan fingerprint density at radius 3 is 2.26 bits per heavy atom. The van der Waals surface area contributed by atoms with Crippen LogP contribution in [-0.4, -0.2) is 4.98 Å². The third-order valence-electron chi connectivity index (χ3n) is 6.91. The molecule has 0 radical (unpaired) electrons. The van der Waals surface area contributed by atoms with E-state index in [4.69, 9.17) is 0 Å². The van der Waals surface area contributed by atoms with Crippen LogP contribution in [0.2, 0.25) is 0 Å². The Morgan fingerprint density at radius 1 is 0.735 bits per heavy atom. The third-order valence-corrected chi connectivity index (χ3v) is 6.91. The van der Waals surface area contributed by atoms with Crippen molar-refractivity contribution < 1.29 is 0 Å². The standard InChI is InChI=1S/C33H25N/c1-4-24-7-5-6-21(2)31(24)29-16-13-27-12-15-28-25(9-8-23-18-19-34-22(3)20-23)10-11-26-14-17-30(29)33(27)32(26)28/h5-7,10-20H,4H2,1-3H3. The number of pyridine rings is 1. The predicted octanol–water partition coefficient (Wildman–Crippen LogP) is 8.23. The van der Waals surface area contributed by atoms with Crippen LogP contribution in [0, 0.1) is 25.7 Å². The zero-order valence-corrected chi connectivity index (χ0v) is 19.7. The molecule has 0 fully saturated rings. The minimum atomic E-state index is 0.984. The summed E-state index contributed by atoms with van der Waals surface area (Å²) in [6, 6.07) is 28.6. The second kappa shape index (κ2) is 8.01. The maximum absolute atomic E-state index is 4.28. The summed E-state index contributed by atoms with van der Waals surface area (Å²) in [7, 11) is 0. The van der Waals surface area contributed by atoms with E-state index in [0.717, 1.165) is 23.2 Å². The molecule has 0 spiro atoms. The third kappa shape index (κ3) is 3.23. The lowest BCUT2D eigenvalue weighted by Gasteiger charge is -2.18. The predicted molar refractivity (Wildman–Crippen MR) is 145 cm³/mol. The molecule has 0 bridgehead atoms. The summed E-state index contributed by atoms with van der Waals surface area (Å²) in [5, 5.41) is 7.71. The second-order valence-corrected chi connectivity index (χ2v) is 9.05. The molecule has 0 saturated carbocycles. The van der Waals surface area contributed by atoms with Crippen molar-refractivity contribution in [1.82, 2.24) is 4.98 Å². The van der Waals surface area contributed by atoms with Gasteiger partial charge in [-0.25, -0.2) is 0 Å². The molecule has 162 valence electrons. The molecule has 0 amide bonds. The number of hydrogen-bond acceptors (Lipinski definition) is 1. The molecule has 0 saturated heterocycles. The molecule has 1 heteroatoms. The first-order chi connectivity index (χ1) is 16.6. The van der Waals surface area contributed by atoms with E-state index in [9.17, 15) is 0 Å². The van der Waals surface area contributed by atoms with Crippen molar-refractivity contribution in [1.29, 1.82) is 0 Å². The van der Waals surface area contributed by atoms with Crippen LogP contribution in [0.1, 0.15) is 34.9 Å². The zero-order chi connectivity index (χ0) is 23.2. The molecule has 1 nitrogen and oxygen atoms in total. The van der Waals surface area contributed by atoms with Crippen molar-refractivity contribution in [3.8, 4) is 23.0 Å². The van der Waals surface area contributed by atoms with E-state index in [-0.39, 0.29) is 0 Å². The molecule has 6 rings (SSSR count). The molecule has 0 aliphatic rings. The summed E-state index contributed by atoms with van der Waals surface area (Å²) >= 11 is 0. The van der Waals surface area contributed by atoms with Gasteiger partial charge in [0.25, 0.3) is 0 Å². The molecule has 6 aromatic rings. The summed E-state index contributed by atoms with van der Waals surface area (Å²) < 4.78 is 0. The average Bonchev–Trinajstić information content (AvgIpc) is 2.86. The minimum Gasteiger partial charge on any atom is -0.262 e. The van der Waals surface area contributed by atoms with Gasteiger partial charge in [-0.3, -0.25) is 4.98 Å². The van der Waals surface area contributed by atoms with Crippen LogP contribution in [0.3, 0.4) is 0 Å². The summed E-state index contributed by atoms with van der Waals surface area (Å²) in [4.78, 5) is 4.28. The molecule has 1 aromatic heterocycles. The largest absolute Gasteiger partial charge is 0.262 e. The van der Waals surface area contributed by atoms with Crippen molar-refractivity contribution >= 4 is 32.3 Å². The van der Waals surface area contributed by atoms with Crippen molar-refractivity contribution in [3.05, 3.63) is 113 Å². The van der Waals surface area contributed by atoms with Crippen LogP contribution in [-0.2, 0) is 6.42 Å². The van der Waals surface area contributed by atoms with E-state index < -0.39 is 0 Å². The molecule has 0 atom stereocenters. The van der Waals surface area contributed by atoms with Crippen LogP contribution in [0.25, 0.3) is 43.4 Å². The van der Waals surface area contributed by atoms with E-state index in [1.165, 1.54) is 54.6 Å². The average molecular weight is 436 g/mol. The van der Waals surface area contributed by atoms with Gasteiger partial charge >= 0.3 is 0 Å². The Bertz CT molecular complexity index is 1760. The number of aryl methyl sites for hydroxylation is 3. The maximum atomic E-state index is 4.28. The van der Waals surface area contributed by atoms with Crippen molar-refractivity contribution in [2.24, 2.45) is 0 Å². The highest BCUT2D eigenvalue weighted by molar-refractivity contribution is 6.26. The van der Waals surface area contributed by atoms with Gasteiger partial charge in [-0.05, 0) is 93.0 Å². The smallest absolute Gasteiger partial charge is 0.0385 e. The van der Waals surface area contributed by atoms with E-state index in [1.54, 1.807) is 0 Å². The van der Waals surface area contributed by atoms with Gasteiger partial charge in [0.1, 0.15) is 0 Å².